The Morgan fingerprint density at radius 1 is 1.33 bits per heavy atom. The molecule has 1 fully saturated rings. The van der Waals surface area contributed by atoms with Gasteiger partial charge in [-0.25, -0.2) is 4.79 Å². The first-order valence-corrected chi connectivity index (χ1v) is 5.65. The first-order valence-electron chi connectivity index (χ1n) is 5.65. The standard InChI is InChI=1S/C11H16F3NO3/c12-11(13,14)10(18)4-2-7-15(8-5-10)6-1-3-9(16)17/h1,3,18H,2,4-8H2,(H,16,17)/b3-1+. The largest absolute Gasteiger partial charge is 0.478 e. The van der Waals surface area contributed by atoms with Crippen molar-refractivity contribution in [2.75, 3.05) is 19.6 Å². The van der Waals surface area contributed by atoms with Crippen LogP contribution in [0.25, 0.3) is 0 Å². The molecule has 104 valence electrons. The SMILES string of the molecule is O=C(O)/C=C/CN1CCCC(O)(C(F)(F)F)CC1. The minimum atomic E-state index is -4.61. The monoisotopic (exact) mass is 267 g/mol. The van der Waals surface area contributed by atoms with Crippen LogP contribution in [0.1, 0.15) is 19.3 Å². The fourth-order valence-corrected chi connectivity index (χ4v) is 1.94. The molecule has 1 aliphatic heterocycles. The molecule has 1 rings (SSSR count). The molecule has 1 saturated heterocycles. The summed E-state index contributed by atoms with van der Waals surface area (Å²) in [5.41, 5.74) is -2.61. The van der Waals surface area contributed by atoms with Crippen LogP contribution in [-0.2, 0) is 4.79 Å². The maximum absolute atomic E-state index is 12.6. The van der Waals surface area contributed by atoms with Gasteiger partial charge >= 0.3 is 12.1 Å². The Labute approximate surface area is 103 Å². The average molecular weight is 267 g/mol. The van der Waals surface area contributed by atoms with Gasteiger partial charge in [0.05, 0.1) is 0 Å². The normalized spacial score (nSPS) is 27.3. The van der Waals surface area contributed by atoms with Crippen molar-refractivity contribution in [3.05, 3.63) is 12.2 Å². The lowest BCUT2D eigenvalue weighted by molar-refractivity contribution is -0.263. The second-order valence-corrected chi connectivity index (χ2v) is 4.42. The van der Waals surface area contributed by atoms with E-state index in [0.29, 0.717) is 6.54 Å². The van der Waals surface area contributed by atoms with Crippen LogP contribution in [0.5, 0.6) is 0 Å². The zero-order chi connectivity index (χ0) is 13.8. The summed E-state index contributed by atoms with van der Waals surface area (Å²) in [4.78, 5) is 11.9. The minimum absolute atomic E-state index is 0.0972. The van der Waals surface area contributed by atoms with Crippen LogP contribution in [0.3, 0.4) is 0 Å². The van der Waals surface area contributed by atoms with Gasteiger partial charge in [0.2, 0.25) is 0 Å². The molecule has 2 N–H and O–H groups in total. The summed E-state index contributed by atoms with van der Waals surface area (Å²) in [6.07, 6.45) is -2.72. The van der Waals surface area contributed by atoms with Gasteiger partial charge in [-0.3, -0.25) is 4.90 Å². The Bertz CT molecular complexity index is 330. The highest BCUT2D eigenvalue weighted by Gasteiger charge is 2.53. The number of carboxylic acid groups (broad SMARTS) is 1. The third kappa shape index (κ3) is 3.99. The van der Waals surface area contributed by atoms with Crippen LogP contribution in [0, 0.1) is 0 Å². The van der Waals surface area contributed by atoms with Gasteiger partial charge in [-0.05, 0) is 25.8 Å². The van der Waals surface area contributed by atoms with E-state index < -0.39 is 17.7 Å². The molecular weight excluding hydrogens is 251 g/mol. The number of carbonyl (C=O) groups is 1. The number of aliphatic hydroxyl groups is 1. The summed E-state index contributed by atoms with van der Waals surface area (Å²) in [6.45, 7) is 0.794. The van der Waals surface area contributed by atoms with Gasteiger partial charge in [-0.2, -0.15) is 13.2 Å². The molecule has 1 unspecified atom stereocenters. The van der Waals surface area contributed by atoms with Crippen LogP contribution < -0.4 is 0 Å². The molecule has 7 heteroatoms. The first kappa shape index (κ1) is 15.0. The fraction of sp³-hybridized carbons (Fsp3) is 0.727. The Morgan fingerprint density at radius 2 is 2.00 bits per heavy atom. The molecule has 0 radical (unpaired) electrons. The second-order valence-electron chi connectivity index (χ2n) is 4.42. The quantitative estimate of drug-likeness (QED) is 0.759. The molecule has 0 spiro atoms. The van der Waals surface area contributed by atoms with E-state index in [0.717, 1.165) is 6.08 Å². The zero-order valence-corrected chi connectivity index (χ0v) is 9.78. The van der Waals surface area contributed by atoms with Crippen LogP contribution in [0.4, 0.5) is 13.2 Å². The molecule has 0 aromatic rings. The summed E-state index contributed by atoms with van der Waals surface area (Å²) >= 11 is 0. The lowest BCUT2D eigenvalue weighted by Gasteiger charge is -2.29. The summed E-state index contributed by atoms with van der Waals surface area (Å²) in [5.74, 6) is -1.09. The number of alkyl halides is 3. The minimum Gasteiger partial charge on any atom is -0.478 e. The average Bonchev–Trinajstić information content (AvgIpc) is 2.40. The van der Waals surface area contributed by atoms with E-state index in [9.17, 15) is 23.1 Å². The molecule has 0 aliphatic carbocycles. The van der Waals surface area contributed by atoms with Gasteiger partial charge in [-0.1, -0.05) is 6.08 Å². The Balaban J connectivity index is 2.54. The molecule has 1 atom stereocenters. The molecule has 0 aromatic heterocycles. The lowest BCUT2D eigenvalue weighted by Crippen LogP contribution is -2.45. The maximum Gasteiger partial charge on any atom is 0.417 e. The number of halogens is 3. The predicted molar refractivity (Wildman–Crippen MR) is 58.1 cm³/mol. The fourth-order valence-electron chi connectivity index (χ4n) is 1.94. The first-order chi connectivity index (χ1) is 8.24. The number of carboxylic acids is 1. The van der Waals surface area contributed by atoms with Crippen LogP contribution in [-0.4, -0.2) is 52.5 Å². The summed E-state index contributed by atoms with van der Waals surface area (Å²) in [7, 11) is 0. The Morgan fingerprint density at radius 3 is 2.56 bits per heavy atom. The molecule has 0 amide bonds. The third-order valence-electron chi connectivity index (χ3n) is 3.06. The topological polar surface area (TPSA) is 60.8 Å². The third-order valence-corrected chi connectivity index (χ3v) is 3.06. The van der Waals surface area contributed by atoms with Crippen molar-refractivity contribution in [3.8, 4) is 0 Å². The molecule has 0 aromatic carbocycles. The zero-order valence-electron chi connectivity index (χ0n) is 9.78. The smallest absolute Gasteiger partial charge is 0.417 e. The van der Waals surface area contributed by atoms with E-state index in [1.807, 2.05) is 0 Å². The van der Waals surface area contributed by atoms with Crippen molar-refractivity contribution >= 4 is 5.97 Å². The number of aliphatic carboxylic acids is 1. The van der Waals surface area contributed by atoms with Gasteiger partial charge in [0.1, 0.15) is 0 Å². The van der Waals surface area contributed by atoms with Gasteiger partial charge in [0.25, 0.3) is 0 Å². The predicted octanol–water partition coefficient (Wildman–Crippen LogP) is 1.41. The highest BCUT2D eigenvalue weighted by atomic mass is 19.4. The Kier molecular flexibility index (Phi) is 4.75. The number of likely N-dealkylation sites (tertiary alicyclic amines) is 1. The second kappa shape index (κ2) is 5.71. The van der Waals surface area contributed by atoms with Crippen molar-refractivity contribution in [1.82, 2.24) is 4.90 Å². The van der Waals surface area contributed by atoms with Gasteiger partial charge in [0.15, 0.2) is 5.60 Å². The molecule has 0 saturated carbocycles. The van der Waals surface area contributed by atoms with E-state index in [2.05, 4.69) is 0 Å². The molecule has 0 bridgehead atoms. The number of hydrogen-bond acceptors (Lipinski definition) is 3. The molecule has 4 nitrogen and oxygen atoms in total. The Hall–Kier alpha value is -1.08. The molecule has 1 heterocycles. The lowest BCUT2D eigenvalue weighted by atomic mass is 9.94. The van der Waals surface area contributed by atoms with Crippen molar-refractivity contribution < 1.29 is 28.2 Å². The number of hydrogen-bond donors (Lipinski definition) is 2. The molecular formula is C11H16F3NO3. The highest BCUT2D eigenvalue weighted by Crippen LogP contribution is 2.38. The van der Waals surface area contributed by atoms with E-state index in [1.165, 1.54) is 6.08 Å². The summed E-state index contributed by atoms with van der Waals surface area (Å²) < 4.78 is 37.9. The van der Waals surface area contributed by atoms with E-state index in [-0.39, 0.29) is 32.4 Å². The van der Waals surface area contributed by atoms with Gasteiger partial charge < -0.3 is 10.2 Å². The van der Waals surface area contributed by atoms with Crippen molar-refractivity contribution in [2.45, 2.75) is 31.0 Å². The van der Waals surface area contributed by atoms with Crippen LogP contribution >= 0.6 is 0 Å². The van der Waals surface area contributed by atoms with Crippen LogP contribution in [0.15, 0.2) is 12.2 Å². The van der Waals surface area contributed by atoms with E-state index >= 15 is 0 Å². The van der Waals surface area contributed by atoms with E-state index in [1.54, 1.807) is 4.90 Å². The highest BCUT2D eigenvalue weighted by molar-refractivity contribution is 5.79. The van der Waals surface area contributed by atoms with Crippen molar-refractivity contribution in [3.63, 3.8) is 0 Å². The summed E-state index contributed by atoms with van der Waals surface area (Å²) in [5, 5.41) is 17.9. The molecule has 1 aliphatic rings. The van der Waals surface area contributed by atoms with Gasteiger partial charge in [-0.15, -0.1) is 0 Å². The summed E-state index contributed by atoms with van der Waals surface area (Å²) in [6, 6.07) is 0. The van der Waals surface area contributed by atoms with Crippen molar-refractivity contribution in [2.24, 2.45) is 0 Å². The molecule has 18 heavy (non-hydrogen) atoms. The van der Waals surface area contributed by atoms with E-state index in [4.69, 9.17) is 5.11 Å². The van der Waals surface area contributed by atoms with Crippen molar-refractivity contribution in [1.29, 1.82) is 0 Å². The maximum atomic E-state index is 12.6. The van der Waals surface area contributed by atoms with Gasteiger partial charge in [0, 0.05) is 19.2 Å². The van der Waals surface area contributed by atoms with Crippen LogP contribution in [0.2, 0.25) is 0 Å². The number of nitrogens with zero attached hydrogens (tertiary/aromatic N) is 1. The number of rotatable bonds is 3.